The lowest BCUT2D eigenvalue weighted by Crippen LogP contribution is -2.41. The molecule has 3 aliphatic carbocycles. The van der Waals surface area contributed by atoms with E-state index in [0.717, 1.165) is 33.0 Å². The van der Waals surface area contributed by atoms with Crippen LogP contribution in [0.4, 0.5) is 0 Å². The molecule has 0 spiro atoms. The zero-order valence-electron chi connectivity index (χ0n) is 15.2. The minimum atomic E-state index is -0.485. The van der Waals surface area contributed by atoms with E-state index in [-0.39, 0.29) is 11.6 Å². The van der Waals surface area contributed by atoms with Crippen LogP contribution >= 0.6 is 45.3 Å². The molecule has 2 aromatic carbocycles. The van der Waals surface area contributed by atoms with Crippen molar-refractivity contribution in [2.24, 2.45) is 0 Å². The fraction of sp³-hybridized carbons (Fsp3) is 0.0833. The summed E-state index contributed by atoms with van der Waals surface area (Å²) in [4.78, 5) is 26.9. The van der Waals surface area contributed by atoms with Crippen LogP contribution in [0.15, 0.2) is 45.8 Å². The van der Waals surface area contributed by atoms with Gasteiger partial charge in [0.2, 0.25) is 11.6 Å². The molecule has 2 bridgehead atoms. The van der Waals surface area contributed by atoms with Gasteiger partial charge in [-0.3, -0.25) is 9.59 Å². The van der Waals surface area contributed by atoms with E-state index in [4.69, 9.17) is 0 Å². The summed E-state index contributed by atoms with van der Waals surface area (Å²) in [7, 11) is 0. The molecule has 0 radical (unpaired) electrons. The summed E-state index contributed by atoms with van der Waals surface area (Å²) in [5, 5.41) is 13.2. The minimum absolute atomic E-state index is 0.229. The van der Waals surface area contributed by atoms with E-state index >= 15 is 0 Å². The highest BCUT2D eigenvalue weighted by molar-refractivity contribution is 7.25. The predicted molar refractivity (Wildman–Crippen MR) is 128 cm³/mol. The van der Waals surface area contributed by atoms with Crippen LogP contribution in [0.1, 0.15) is 34.1 Å². The molecule has 2 atom stereocenters. The number of carbonyl (C=O) groups excluding carboxylic acids is 2. The molecule has 3 aliphatic rings. The second kappa shape index (κ2) is 5.26. The van der Waals surface area contributed by atoms with Gasteiger partial charge < -0.3 is 0 Å². The van der Waals surface area contributed by atoms with Gasteiger partial charge in [0.15, 0.2) is 0 Å². The number of rotatable bonds is 0. The Bertz CT molecular complexity index is 1510. The molecule has 2 unspecified atom stereocenters. The first-order valence-corrected chi connectivity index (χ1v) is 13.2. The van der Waals surface area contributed by atoms with Crippen LogP contribution in [0.25, 0.3) is 40.3 Å². The van der Waals surface area contributed by atoms with Gasteiger partial charge in [-0.25, -0.2) is 0 Å². The molecular formula is C24H10O2S4. The number of Topliss-reactive ketones (excluding diaryl/α,β-unsaturated/α-hetero) is 2. The van der Waals surface area contributed by atoms with Crippen molar-refractivity contribution in [1.82, 2.24) is 0 Å². The Balaban J connectivity index is 1.69. The van der Waals surface area contributed by atoms with Gasteiger partial charge in [-0.05, 0) is 78.8 Å². The minimum Gasteiger partial charge on any atom is -0.290 e. The SMILES string of the molecule is O=C1C(=O)C2c3c(c4ccsc4c4sccc34)C1c1c2c2sccc2c2ccsc12. The lowest BCUT2D eigenvalue weighted by molar-refractivity contribution is -0.138. The van der Waals surface area contributed by atoms with E-state index in [1.165, 1.54) is 29.6 Å². The molecule has 9 rings (SSSR count). The van der Waals surface area contributed by atoms with Crippen molar-refractivity contribution in [1.29, 1.82) is 0 Å². The van der Waals surface area contributed by atoms with Crippen LogP contribution in [-0.4, -0.2) is 11.6 Å². The smallest absolute Gasteiger partial charge is 0.211 e. The Morgan fingerprint density at radius 1 is 0.467 bits per heavy atom. The standard InChI is InChI=1S/C24H10O2S4/c25-19-15-13-11-3-7-29-23(11)24-12(4-8-30-24)14(13)16(20(19)26)18-17(15)21-9(1-5-27-21)10-2-6-28-22(10)18/h1-8,15-16H. The zero-order chi connectivity index (χ0) is 19.7. The molecule has 30 heavy (non-hydrogen) atoms. The quantitative estimate of drug-likeness (QED) is 0.224. The summed E-state index contributed by atoms with van der Waals surface area (Å²) in [6, 6.07) is 8.61. The molecule has 0 saturated carbocycles. The van der Waals surface area contributed by atoms with Crippen molar-refractivity contribution in [3.05, 3.63) is 68.0 Å². The molecule has 142 valence electrons. The van der Waals surface area contributed by atoms with Gasteiger partial charge in [0.1, 0.15) is 0 Å². The molecule has 4 heterocycles. The maximum atomic E-state index is 13.5. The van der Waals surface area contributed by atoms with Crippen LogP contribution < -0.4 is 0 Å². The fourth-order valence-corrected chi connectivity index (χ4v) is 9.69. The van der Waals surface area contributed by atoms with Gasteiger partial charge in [0.25, 0.3) is 0 Å². The third-order valence-corrected chi connectivity index (χ3v) is 10.6. The summed E-state index contributed by atoms with van der Waals surface area (Å²) in [6.45, 7) is 0. The first-order chi connectivity index (χ1) is 14.8. The predicted octanol–water partition coefficient (Wildman–Crippen LogP) is 7.27. The van der Waals surface area contributed by atoms with Crippen molar-refractivity contribution >= 4 is 97.3 Å². The summed E-state index contributed by atoms with van der Waals surface area (Å²) < 4.78 is 4.83. The molecule has 4 aromatic heterocycles. The van der Waals surface area contributed by atoms with E-state index in [1.54, 1.807) is 45.3 Å². The van der Waals surface area contributed by atoms with Crippen molar-refractivity contribution < 1.29 is 9.59 Å². The van der Waals surface area contributed by atoms with E-state index < -0.39 is 11.8 Å². The van der Waals surface area contributed by atoms with Crippen molar-refractivity contribution in [3.63, 3.8) is 0 Å². The second-order valence-electron chi connectivity index (χ2n) is 7.90. The number of carbonyl (C=O) groups is 2. The molecular weight excluding hydrogens is 449 g/mol. The number of ketones is 2. The molecule has 0 N–H and O–H groups in total. The third kappa shape index (κ3) is 1.63. The monoisotopic (exact) mass is 458 g/mol. The number of hydrogen-bond acceptors (Lipinski definition) is 6. The van der Waals surface area contributed by atoms with Gasteiger partial charge in [-0.15, -0.1) is 45.3 Å². The largest absolute Gasteiger partial charge is 0.290 e. The fourth-order valence-electron chi connectivity index (χ4n) is 5.68. The van der Waals surface area contributed by atoms with Crippen LogP contribution in [0, 0.1) is 0 Å². The maximum Gasteiger partial charge on any atom is 0.211 e. The van der Waals surface area contributed by atoms with Gasteiger partial charge in [-0.1, -0.05) is 0 Å². The Labute approximate surface area is 186 Å². The van der Waals surface area contributed by atoms with Crippen LogP contribution in [0.3, 0.4) is 0 Å². The van der Waals surface area contributed by atoms with E-state index in [0.29, 0.717) is 0 Å². The highest BCUT2D eigenvalue weighted by atomic mass is 32.1. The highest BCUT2D eigenvalue weighted by Crippen LogP contribution is 2.59. The van der Waals surface area contributed by atoms with Crippen LogP contribution in [-0.2, 0) is 9.59 Å². The first-order valence-electron chi connectivity index (χ1n) is 9.64. The van der Waals surface area contributed by atoms with E-state index in [1.807, 2.05) is 0 Å². The van der Waals surface area contributed by atoms with Gasteiger partial charge >= 0.3 is 0 Å². The summed E-state index contributed by atoms with van der Waals surface area (Å²) >= 11 is 6.86. The van der Waals surface area contributed by atoms with E-state index in [9.17, 15) is 9.59 Å². The van der Waals surface area contributed by atoms with Crippen LogP contribution in [0.5, 0.6) is 0 Å². The maximum absolute atomic E-state index is 13.5. The molecule has 6 heteroatoms. The molecule has 0 aliphatic heterocycles. The number of thiophene rings is 4. The molecule has 2 nitrogen and oxygen atoms in total. The van der Waals surface area contributed by atoms with E-state index in [2.05, 4.69) is 45.8 Å². The number of hydrogen-bond donors (Lipinski definition) is 0. The Kier molecular flexibility index (Phi) is 2.86. The lowest BCUT2D eigenvalue weighted by atomic mass is 9.61. The van der Waals surface area contributed by atoms with Crippen molar-refractivity contribution in [3.8, 4) is 0 Å². The molecule has 0 saturated heterocycles. The highest BCUT2D eigenvalue weighted by Gasteiger charge is 2.52. The molecule has 0 amide bonds. The molecule has 6 aromatic rings. The average molecular weight is 459 g/mol. The Morgan fingerprint density at radius 3 is 1.27 bits per heavy atom. The van der Waals surface area contributed by atoms with Gasteiger partial charge in [-0.2, -0.15) is 0 Å². The van der Waals surface area contributed by atoms with Gasteiger partial charge in [0.05, 0.1) is 21.2 Å². The second-order valence-corrected chi connectivity index (χ2v) is 11.6. The number of benzene rings is 2. The summed E-state index contributed by atoms with van der Waals surface area (Å²) in [5.74, 6) is -1.43. The number of fused-ring (bicyclic) bond motifs is 7. The average Bonchev–Trinajstić information content (AvgIpc) is 3.53. The normalized spacial score (nSPS) is 20.1. The molecule has 0 fully saturated rings. The topological polar surface area (TPSA) is 34.1 Å². The first kappa shape index (κ1) is 16.3. The zero-order valence-corrected chi connectivity index (χ0v) is 18.5. The summed E-state index contributed by atoms with van der Waals surface area (Å²) in [6.07, 6.45) is 0. The van der Waals surface area contributed by atoms with Gasteiger partial charge in [0, 0.05) is 20.2 Å². The van der Waals surface area contributed by atoms with Crippen LogP contribution in [0.2, 0.25) is 0 Å². The lowest BCUT2D eigenvalue weighted by Gasteiger charge is -2.39. The van der Waals surface area contributed by atoms with Crippen molar-refractivity contribution in [2.45, 2.75) is 11.8 Å². The Morgan fingerprint density at radius 2 is 0.833 bits per heavy atom. The van der Waals surface area contributed by atoms with Crippen molar-refractivity contribution in [2.75, 3.05) is 0 Å². The Hall–Kier alpha value is -2.38. The third-order valence-electron chi connectivity index (χ3n) is 6.73. The summed E-state index contributed by atoms with van der Waals surface area (Å²) in [5.41, 5.74) is 4.37.